The number of hydrogen-bond donors (Lipinski definition) is 0. The molecule has 0 unspecified atom stereocenters. The van der Waals surface area contributed by atoms with E-state index in [9.17, 15) is 4.79 Å². The van der Waals surface area contributed by atoms with E-state index in [0.717, 1.165) is 11.0 Å². The lowest BCUT2D eigenvalue weighted by Crippen LogP contribution is -2.09. The molecule has 0 bridgehead atoms. The van der Waals surface area contributed by atoms with Gasteiger partial charge in [0.2, 0.25) is 0 Å². The number of aromatic nitrogens is 2. The fourth-order valence-electron chi connectivity index (χ4n) is 1.43. The Morgan fingerprint density at radius 2 is 2.20 bits per heavy atom. The van der Waals surface area contributed by atoms with Crippen LogP contribution in [-0.4, -0.2) is 15.3 Å². The minimum atomic E-state index is 0.0400. The summed E-state index contributed by atoms with van der Waals surface area (Å²) in [6.45, 7) is 5.67. The van der Waals surface area contributed by atoms with Crippen LogP contribution in [0.4, 0.5) is 0 Å². The molecular weight excluding hydrogens is 188 g/mol. The Kier molecular flexibility index (Phi) is 2.37. The van der Waals surface area contributed by atoms with E-state index in [1.54, 1.807) is 13.3 Å². The first-order chi connectivity index (χ1) is 7.18. The number of carbonyl (C=O) groups is 1. The zero-order chi connectivity index (χ0) is 10.8. The summed E-state index contributed by atoms with van der Waals surface area (Å²) in [5.41, 5.74) is 2.46. The van der Waals surface area contributed by atoms with E-state index in [0.29, 0.717) is 12.1 Å². The third kappa shape index (κ3) is 1.81. The van der Waals surface area contributed by atoms with E-state index in [4.69, 9.17) is 0 Å². The maximum atomic E-state index is 11.5. The summed E-state index contributed by atoms with van der Waals surface area (Å²) in [7, 11) is 0. The second-order valence-electron chi connectivity index (χ2n) is 3.56. The molecule has 0 atom stereocenters. The van der Waals surface area contributed by atoms with Gasteiger partial charge < -0.3 is 4.57 Å². The Balaban J connectivity index is 2.37. The molecule has 76 valence electrons. The molecule has 0 aliphatic carbocycles. The van der Waals surface area contributed by atoms with E-state index in [1.165, 1.54) is 0 Å². The maximum absolute atomic E-state index is 11.5. The Labute approximate surface area is 88.0 Å². The first kappa shape index (κ1) is 9.65. The second kappa shape index (κ2) is 3.69. The summed E-state index contributed by atoms with van der Waals surface area (Å²) >= 11 is 0. The van der Waals surface area contributed by atoms with Gasteiger partial charge in [0, 0.05) is 0 Å². The molecule has 0 aliphatic heterocycles. The van der Waals surface area contributed by atoms with Gasteiger partial charge in [0.15, 0.2) is 5.78 Å². The van der Waals surface area contributed by atoms with E-state index in [2.05, 4.69) is 11.6 Å². The van der Waals surface area contributed by atoms with Crippen molar-refractivity contribution in [3.05, 3.63) is 42.7 Å². The van der Waals surface area contributed by atoms with Gasteiger partial charge in [-0.15, -0.1) is 0 Å². The summed E-state index contributed by atoms with van der Waals surface area (Å²) in [5, 5.41) is 0. The zero-order valence-electron chi connectivity index (χ0n) is 8.60. The van der Waals surface area contributed by atoms with Crippen molar-refractivity contribution < 1.29 is 4.79 Å². The highest BCUT2D eigenvalue weighted by Crippen LogP contribution is 2.12. The molecule has 0 N–H and O–H groups in total. The van der Waals surface area contributed by atoms with Crippen molar-refractivity contribution in [1.82, 2.24) is 9.55 Å². The molecule has 0 fully saturated rings. The molecule has 2 rings (SSSR count). The average Bonchev–Trinajstić information content (AvgIpc) is 2.62. The lowest BCUT2D eigenvalue weighted by molar-refractivity contribution is -0.116. The number of Topliss-reactive ketones (excluding diaryl/α,β-unsaturated/α-hetero) is 1. The van der Waals surface area contributed by atoms with Crippen molar-refractivity contribution in [3.8, 4) is 0 Å². The summed E-state index contributed by atoms with van der Waals surface area (Å²) in [6.07, 6.45) is 1.69. The third-order valence-corrected chi connectivity index (χ3v) is 2.32. The standard InChI is InChI=1S/C12H12N2O/c1-9(2)12(15)7-14-8-13-10-5-3-4-6-11(10)14/h3-6,8H,1,7H2,2H3. The second-order valence-corrected chi connectivity index (χ2v) is 3.56. The number of rotatable bonds is 3. The van der Waals surface area contributed by atoms with Crippen molar-refractivity contribution in [1.29, 1.82) is 0 Å². The number of allylic oxidation sites excluding steroid dienone is 1. The molecule has 0 spiro atoms. The number of carbonyl (C=O) groups excluding carboxylic acids is 1. The number of para-hydroxylation sites is 2. The van der Waals surface area contributed by atoms with E-state index >= 15 is 0 Å². The summed E-state index contributed by atoms with van der Waals surface area (Å²) < 4.78 is 1.84. The molecular formula is C12H12N2O. The third-order valence-electron chi connectivity index (χ3n) is 2.32. The maximum Gasteiger partial charge on any atom is 0.177 e. The topological polar surface area (TPSA) is 34.9 Å². The van der Waals surface area contributed by atoms with Crippen molar-refractivity contribution in [3.63, 3.8) is 0 Å². The molecule has 1 aromatic carbocycles. The highest BCUT2D eigenvalue weighted by atomic mass is 16.1. The molecule has 15 heavy (non-hydrogen) atoms. The number of fused-ring (bicyclic) bond motifs is 1. The van der Waals surface area contributed by atoms with E-state index in [-0.39, 0.29) is 5.78 Å². The summed E-state index contributed by atoms with van der Waals surface area (Å²) in [4.78, 5) is 15.7. The quantitative estimate of drug-likeness (QED) is 0.712. The predicted molar refractivity (Wildman–Crippen MR) is 59.6 cm³/mol. The lowest BCUT2D eigenvalue weighted by Gasteiger charge is -2.02. The highest BCUT2D eigenvalue weighted by Gasteiger charge is 2.06. The lowest BCUT2D eigenvalue weighted by atomic mass is 10.2. The minimum absolute atomic E-state index is 0.0400. The Morgan fingerprint density at radius 1 is 1.47 bits per heavy atom. The number of ketones is 1. The number of imidazole rings is 1. The Morgan fingerprint density at radius 3 is 2.93 bits per heavy atom. The first-order valence-electron chi connectivity index (χ1n) is 4.77. The molecule has 1 aromatic heterocycles. The van der Waals surface area contributed by atoms with Crippen LogP contribution in [0.5, 0.6) is 0 Å². The number of nitrogens with zero attached hydrogens (tertiary/aromatic N) is 2. The van der Waals surface area contributed by atoms with Crippen LogP contribution in [0, 0.1) is 0 Å². The molecule has 0 saturated heterocycles. The summed E-state index contributed by atoms with van der Waals surface area (Å²) in [5.74, 6) is 0.0400. The smallest absolute Gasteiger partial charge is 0.177 e. The van der Waals surface area contributed by atoms with Crippen molar-refractivity contribution >= 4 is 16.8 Å². The van der Waals surface area contributed by atoms with Gasteiger partial charge in [0.05, 0.1) is 23.9 Å². The van der Waals surface area contributed by atoms with Gasteiger partial charge in [0.1, 0.15) is 0 Å². The van der Waals surface area contributed by atoms with Gasteiger partial charge in [-0.1, -0.05) is 18.7 Å². The molecule has 0 saturated carbocycles. The van der Waals surface area contributed by atoms with Crippen LogP contribution in [0.2, 0.25) is 0 Å². The van der Waals surface area contributed by atoms with Gasteiger partial charge in [-0.3, -0.25) is 4.79 Å². The Hall–Kier alpha value is -1.90. The molecule has 0 radical (unpaired) electrons. The van der Waals surface area contributed by atoms with Crippen LogP contribution in [0.1, 0.15) is 6.92 Å². The highest BCUT2D eigenvalue weighted by molar-refractivity contribution is 5.94. The minimum Gasteiger partial charge on any atom is -0.323 e. The van der Waals surface area contributed by atoms with E-state index < -0.39 is 0 Å². The van der Waals surface area contributed by atoms with Gasteiger partial charge in [-0.2, -0.15) is 0 Å². The van der Waals surface area contributed by atoms with Crippen LogP contribution < -0.4 is 0 Å². The van der Waals surface area contributed by atoms with Crippen LogP contribution in [0.3, 0.4) is 0 Å². The monoisotopic (exact) mass is 200 g/mol. The van der Waals surface area contributed by atoms with E-state index in [1.807, 2.05) is 28.8 Å². The molecule has 0 aliphatic rings. The number of hydrogen-bond acceptors (Lipinski definition) is 2. The van der Waals surface area contributed by atoms with Crippen molar-refractivity contribution in [2.75, 3.05) is 0 Å². The van der Waals surface area contributed by atoms with Crippen LogP contribution in [-0.2, 0) is 11.3 Å². The van der Waals surface area contributed by atoms with Crippen LogP contribution in [0.15, 0.2) is 42.7 Å². The fourth-order valence-corrected chi connectivity index (χ4v) is 1.43. The van der Waals surface area contributed by atoms with Gasteiger partial charge in [-0.05, 0) is 24.6 Å². The average molecular weight is 200 g/mol. The van der Waals surface area contributed by atoms with Gasteiger partial charge in [-0.25, -0.2) is 4.98 Å². The van der Waals surface area contributed by atoms with Crippen molar-refractivity contribution in [2.45, 2.75) is 13.5 Å². The van der Waals surface area contributed by atoms with Gasteiger partial charge >= 0.3 is 0 Å². The molecule has 3 heteroatoms. The molecule has 3 nitrogen and oxygen atoms in total. The van der Waals surface area contributed by atoms with Crippen LogP contribution in [0.25, 0.3) is 11.0 Å². The molecule has 1 heterocycles. The molecule has 2 aromatic rings. The normalized spacial score (nSPS) is 10.5. The zero-order valence-corrected chi connectivity index (χ0v) is 8.60. The van der Waals surface area contributed by atoms with Gasteiger partial charge in [0.25, 0.3) is 0 Å². The summed E-state index contributed by atoms with van der Waals surface area (Å²) in [6, 6.07) is 7.75. The SMILES string of the molecule is C=C(C)C(=O)Cn1cnc2ccccc21. The number of benzene rings is 1. The fraction of sp³-hybridized carbons (Fsp3) is 0.167. The van der Waals surface area contributed by atoms with Crippen LogP contribution >= 0.6 is 0 Å². The first-order valence-corrected chi connectivity index (χ1v) is 4.77. The predicted octanol–water partition coefficient (Wildman–Crippen LogP) is 2.18. The molecule has 0 amide bonds. The largest absolute Gasteiger partial charge is 0.323 e. The Bertz CT molecular complexity index is 525. The van der Waals surface area contributed by atoms with Crippen molar-refractivity contribution in [2.24, 2.45) is 0 Å².